The first kappa shape index (κ1) is 25.1. The molecule has 0 aromatic heterocycles. The summed E-state index contributed by atoms with van der Waals surface area (Å²) >= 11 is 0. The fourth-order valence-electron chi connectivity index (χ4n) is 2.61. The molecule has 23 heavy (non-hydrogen) atoms. The summed E-state index contributed by atoms with van der Waals surface area (Å²) in [6.07, 6.45) is 1.70. The molecular formula is C19H45N3O. The quantitative estimate of drug-likeness (QED) is 0.694. The van der Waals surface area contributed by atoms with Crippen molar-refractivity contribution >= 4 is 0 Å². The van der Waals surface area contributed by atoms with Gasteiger partial charge in [-0.2, -0.15) is 0 Å². The summed E-state index contributed by atoms with van der Waals surface area (Å²) < 4.78 is 5.80. The lowest BCUT2D eigenvalue weighted by Gasteiger charge is -2.36. The Morgan fingerprint density at radius 1 is 0.826 bits per heavy atom. The largest absolute Gasteiger partial charge is 0.376 e. The Balaban J connectivity index is 0. The van der Waals surface area contributed by atoms with Crippen molar-refractivity contribution in [2.24, 2.45) is 0 Å². The van der Waals surface area contributed by atoms with E-state index in [1.165, 1.54) is 45.7 Å². The molecule has 0 aliphatic carbocycles. The maximum Gasteiger partial charge on any atom is 0.0828 e. The third-order valence-electron chi connectivity index (χ3n) is 3.91. The minimum Gasteiger partial charge on any atom is -0.376 e. The smallest absolute Gasteiger partial charge is 0.0828 e. The molecule has 2 aliphatic heterocycles. The van der Waals surface area contributed by atoms with Crippen molar-refractivity contribution in [3.05, 3.63) is 0 Å². The second-order valence-electron chi connectivity index (χ2n) is 5.34. The van der Waals surface area contributed by atoms with Gasteiger partial charge in [-0.05, 0) is 20.0 Å². The van der Waals surface area contributed by atoms with Crippen molar-refractivity contribution in [3.63, 3.8) is 0 Å². The number of hydrogen-bond donors (Lipinski definition) is 0. The van der Waals surface area contributed by atoms with E-state index in [4.69, 9.17) is 4.74 Å². The van der Waals surface area contributed by atoms with Crippen LogP contribution in [0.15, 0.2) is 0 Å². The first-order chi connectivity index (χ1) is 11.3. The molecule has 0 unspecified atom stereocenters. The molecule has 142 valence electrons. The van der Waals surface area contributed by atoms with Crippen molar-refractivity contribution in [1.29, 1.82) is 0 Å². The molecule has 0 N–H and O–H groups in total. The Kier molecular flexibility index (Phi) is 19.8. The van der Waals surface area contributed by atoms with Gasteiger partial charge in [0.1, 0.15) is 0 Å². The third-order valence-corrected chi connectivity index (χ3v) is 3.91. The summed E-state index contributed by atoms with van der Waals surface area (Å²) in [5.74, 6) is 0. The van der Waals surface area contributed by atoms with Gasteiger partial charge in [-0.3, -0.25) is 0 Å². The molecule has 2 fully saturated rings. The molecule has 0 radical (unpaired) electrons. The van der Waals surface area contributed by atoms with Crippen LogP contribution in [-0.2, 0) is 4.74 Å². The fourth-order valence-corrected chi connectivity index (χ4v) is 2.61. The van der Waals surface area contributed by atoms with Crippen molar-refractivity contribution in [1.82, 2.24) is 14.7 Å². The van der Waals surface area contributed by atoms with Crippen LogP contribution in [0.5, 0.6) is 0 Å². The molecule has 0 spiro atoms. The predicted molar refractivity (Wildman–Crippen MR) is 104 cm³/mol. The van der Waals surface area contributed by atoms with E-state index >= 15 is 0 Å². The Morgan fingerprint density at radius 3 is 1.74 bits per heavy atom. The molecular weight excluding hydrogens is 286 g/mol. The third kappa shape index (κ3) is 11.9. The molecule has 2 heterocycles. The minimum absolute atomic E-state index is 0.511. The number of rotatable bonds is 6. The monoisotopic (exact) mass is 331 g/mol. The molecule has 4 heteroatoms. The number of likely N-dealkylation sites (N-methyl/N-ethyl adjacent to an activating group) is 2. The molecule has 2 aliphatic rings. The van der Waals surface area contributed by atoms with Crippen LogP contribution in [-0.4, -0.2) is 86.8 Å². The van der Waals surface area contributed by atoms with E-state index in [1.54, 1.807) is 0 Å². The van der Waals surface area contributed by atoms with Gasteiger partial charge in [-0.25, -0.2) is 0 Å². The van der Waals surface area contributed by atoms with Crippen LogP contribution < -0.4 is 0 Å². The molecule has 4 nitrogen and oxygen atoms in total. The zero-order valence-electron chi connectivity index (χ0n) is 17.4. The van der Waals surface area contributed by atoms with Crippen LogP contribution >= 0.6 is 0 Å². The minimum atomic E-state index is 0.511. The van der Waals surface area contributed by atoms with Crippen LogP contribution in [0.3, 0.4) is 0 Å². The van der Waals surface area contributed by atoms with Crippen LogP contribution in [0.2, 0.25) is 0 Å². The summed E-state index contributed by atoms with van der Waals surface area (Å²) in [4.78, 5) is 7.40. The molecule has 0 aromatic carbocycles. The molecule has 0 atom stereocenters. The van der Waals surface area contributed by atoms with E-state index in [0.717, 1.165) is 19.7 Å². The van der Waals surface area contributed by atoms with E-state index in [-0.39, 0.29) is 0 Å². The van der Waals surface area contributed by atoms with Crippen molar-refractivity contribution < 1.29 is 4.74 Å². The molecule has 0 saturated carbocycles. The first-order valence-electron chi connectivity index (χ1n) is 10.0. The van der Waals surface area contributed by atoms with Gasteiger partial charge in [0.05, 0.1) is 6.10 Å². The van der Waals surface area contributed by atoms with Gasteiger partial charge in [0.2, 0.25) is 0 Å². The van der Waals surface area contributed by atoms with Crippen LogP contribution in [0.4, 0.5) is 0 Å². The van der Waals surface area contributed by atoms with Crippen molar-refractivity contribution in [2.75, 3.05) is 66.0 Å². The van der Waals surface area contributed by atoms with Crippen molar-refractivity contribution in [3.8, 4) is 0 Å². The highest BCUT2D eigenvalue weighted by molar-refractivity contribution is 4.77. The second kappa shape index (κ2) is 18.2. The van der Waals surface area contributed by atoms with Gasteiger partial charge in [0.15, 0.2) is 0 Å². The van der Waals surface area contributed by atoms with E-state index in [1.807, 2.05) is 41.5 Å². The maximum absolute atomic E-state index is 5.80. The normalized spacial score (nSPS) is 19.3. The highest BCUT2D eigenvalue weighted by atomic mass is 16.5. The van der Waals surface area contributed by atoms with E-state index < -0.39 is 0 Å². The van der Waals surface area contributed by atoms with E-state index in [9.17, 15) is 0 Å². The lowest BCUT2D eigenvalue weighted by Crippen LogP contribution is -2.50. The summed E-state index contributed by atoms with van der Waals surface area (Å²) in [5, 5.41) is 0. The second-order valence-corrected chi connectivity index (χ2v) is 5.34. The Bertz CT molecular complexity index is 213. The standard InChI is InChI=1S/C13H27N3O.3C2H6/c1-3-15-6-8-16(9-7-15)5-4-10-17-13-11-14(2)12-13;3*1-2/h13H,3-12H2,1-2H3;3*1-2H3. The van der Waals surface area contributed by atoms with E-state index in [0.29, 0.717) is 6.10 Å². The van der Waals surface area contributed by atoms with Gasteiger partial charge in [0, 0.05) is 52.4 Å². The first-order valence-corrected chi connectivity index (χ1v) is 10.0. The van der Waals surface area contributed by atoms with E-state index in [2.05, 4.69) is 28.7 Å². The lowest BCUT2D eigenvalue weighted by molar-refractivity contribution is -0.0458. The zero-order valence-corrected chi connectivity index (χ0v) is 17.4. The molecule has 2 rings (SSSR count). The topological polar surface area (TPSA) is 19.0 Å². The molecule has 0 aromatic rings. The highest BCUT2D eigenvalue weighted by Crippen LogP contribution is 2.09. The van der Waals surface area contributed by atoms with Gasteiger partial charge < -0.3 is 19.4 Å². The average molecular weight is 332 g/mol. The Hall–Kier alpha value is -0.160. The van der Waals surface area contributed by atoms with Gasteiger partial charge in [0.25, 0.3) is 0 Å². The molecule has 0 bridgehead atoms. The summed E-state index contributed by atoms with van der Waals surface area (Å²) in [7, 11) is 2.15. The number of ether oxygens (including phenoxy) is 1. The summed E-state index contributed by atoms with van der Waals surface area (Å²) in [6.45, 7) is 24.8. The van der Waals surface area contributed by atoms with Crippen molar-refractivity contribution in [2.45, 2.75) is 61.0 Å². The Morgan fingerprint density at radius 2 is 1.30 bits per heavy atom. The fraction of sp³-hybridized carbons (Fsp3) is 1.00. The average Bonchev–Trinajstić information content (AvgIpc) is 2.62. The zero-order chi connectivity index (χ0) is 18.1. The van der Waals surface area contributed by atoms with Gasteiger partial charge in [-0.15, -0.1) is 0 Å². The Labute approximate surface area is 147 Å². The summed E-state index contributed by atoms with van der Waals surface area (Å²) in [6, 6.07) is 0. The number of nitrogens with zero attached hydrogens (tertiary/aromatic N) is 3. The van der Waals surface area contributed by atoms with Crippen LogP contribution in [0.1, 0.15) is 54.9 Å². The van der Waals surface area contributed by atoms with Crippen LogP contribution in [0.25, 0.3) is 0 Å². The maximum atomic E-state index is 5.80. The van der Waals surface area contributed by atoms with Crippen LogP contribution in [0, 0.1) is 0 Å². The van der Waals surface area contributed by atoms with Gasteiger partial charge >= 0.3 is 0 Å². The molecule has 2 saturated heterocycles. The highest BCUT2D eigenvalue weighted by Gasteiger charge is 2.23. The number of piperazine rings is 1. The predicted octanol–water partition coefficient (Wildman–Crippen LogP) is 3.42. The lowest BCUT2D eigenvalue weighted by atomic mass is 10.2. The van der Waals surface area contributed by atoms with Gasteiger partial charge in [-0.1, -0.05) is 48.5 Å². The summed E-state index contributed by atoms with van der Waals surface area (Å²) in [5.41, 5.74) is 0. The molecule has 0 amide bonds. The SMILES string of the molecule is CC.CC.CC.CCN1CCN(CCCOC2CN(C)C2)CC1. The number of likely N-dealkylation sites (tertiary alicyclic amines) is 1. The number of hydrogen-bond acceptors (Lipinski definition) is 4.